The second-order valence-electron chi connectivity index (χ2n) is 5.31. The third-order valence-corrected chi connectivity index (χ3v) is 3.36. The van der Waals surface area contributed by atoms with E-state index >= 15 is 0 Å². The van der Waals surface area contributed by atoms with E-state index in [9.17, 15) is 18.4 Å². The molecule has 2 N–H and O–H groups in total. The van der Waals surface area contributed by atoms with Crippen LogP contribution in [0.15, 0.2) is 48.5 Å². The first-order chi connectivity index (χ1) is 11.9. The first kappa shape index (κ1) is 18.4. The predicted octanol–water partition coefficient (Wildman–Crippen LogP) is 2.85. The summed E-state index contributed by atoms with van der Waals surface area (Å²) in [4.78, 5) is 23.0. The predicted molar refractivity (Wildman–Crippen MR) is 88.2 cm³/mol. The van der Waals surface area contributed by atoms with E-state index < -0.39 is 6.61 Å². The van der Waals surface area contributed by atoms with Crippen molar-refractivity contribution in [3.63, 3.8) is 0 Å². The number of carbonyl (C=O) groups is 2. The monoisotopic (exact) mass is 348 g/mol. The molecule has 2 aromatic rings. The Kier molecular flexibility index (Phi) is 6.45. The average molecular weight is 348 g/mol. The molecule has 0 atom stereocenters. The van der Waals surface area contributed by atoms with Crippen LogP contribution >= 0.6 is 0 Å². The number of nitrogens with one attached hydrogen (secondary N) is 2. The van der Waals surface area contributed by atoms with Gasteiger partial charge in [0.05, 0.1) is 0 Å². The summed E-state index contributed by atoms with van der Waals surface area (Å²) in [6.45, 7) is -0.751. The molecule has 0 bridgehead atoms. The minimum Gasteiger partial charge on any atom is -0.435 e. The van der Waals surface area contributed by atoms with Gasteiger partial charge in [0.25, 0.3) is 5.91 Å². The molecule has 2 rings (SSSR count). The molecule has 0 saturated carbocycles. The highest BCUT2D eigenvalue weighted by Gasteiger charge is 2.07. The minimum absolute atomic E-state index is 0.0693. The van der Waals surface area contributed by atoms with Gasteiger partial charge >= 0.3 is 6.61 Å². The molecule has 0 radical (unpaired) electrons. The summed E-state index contributed by atoms with van der Waals surface area (Å²) in [5, 5.41) is 5.42. The van der Waals surface area contributed by atoms with Crippen LogP contribution in [-0.2, 0) is 17.9 Å². The van der Waals surface area contributed by atoms with Gasteiger partial charge in [-0.1, -0.05) is 24.3 Å². The minimum atomic E-state index is -2.86. The molecule has 25 heavy (non-hydrogen) atoms. The summed E-state index contributed by atoms with van der Waals surface area (Å²) in [5.41, 5.74) is 2.14. The van der Waals surface area contributed by atoms with Gasteiger partial charge in [-0.2, -0.15) is 8.78 Å². The summed E-state index contributed by atoms with van der Waals surface area (Å²) in [6, 6.07) is 12.9. The van der Waals surface area contributed by atoms with Gasteiger partial charge in [0.1, 0.15) is 5.75 Å². The van der Waals surface area contributed by atoms with Crippen LogP contribution in [0.3, 0.4) is 0 Å². The summed E-state index contributed by atoms with van der Waals surface area (Å²) >= 11 is 0. The topological polar surface area (TPSA) is 67.4 Å². The maximum absolute atomic E-state index is 12.1. The van der Waals surface area contributed by atoms with Gasteiger partial charge in [0, 0.05) is 25.6 Å². The number of amides is 2. The second-order valence-corrected chi connectivity index (χ2v) is 5.31. The van der Waals surface area contributed by atoms with E-state index in [1.54, 1.807) is 36.4 Å². The van der Waals surface area contributed by atoms with Crippen LogP contribution in [0.4, 0.5) is 8.78 Å². The molecule has 0 unspecified atom stereocenters. The SMILES string of the molecule is CC(=O)NCc1ccc(C(=O)NCc2ccc(OC(F)F)cc2)cc1. The first-order valence-corrected chi connectivity index (χ1v) is 7.59. The molecule has 0 aliphatic rings. The van der Waals surface area contributed by atoms with E-state index in [0.717, 1.165) is 11.1 Å². The third kappa shape index (κ3) is 6.21. The number of benzene rings is 2. The quantitative estimate of drug-likeness (QED) is 0.809. The standard InChI is InChI=1S/C18H18F2N2O3/c1-12(23)21-10-13-2-6-15(7-3-13)17(24)22-11-14-4-8-16(9-5-14)25-18(19)20/h2-9,18H,10-11H2,1H3,(H,21,23)(H,22,24). The Morgan fingerprint density at radius 2 is 1.44 bits per heavy atom. The second kappa shape index (κ2) is 8.77. The van der Waals surface area contributed by atoms with Crippen molar-refractivity contribution in [1.82, 2.24) is 10.6 Å². The van der Waals surface area contributed by atoms with Crippen molar-refractivity contribution >= 4 is 11.8 Å². The number of halogens is 2. The number of ether oxygens (including phenoxy) is 1. The molecule has 0 aromatic heterocycles. The Bertz CT molecular complexity index is 716. The largest absolute Gasteiger partial charge is 0.435 e. The Hall–Kier alpha value is -2.96. The lowest BCUT2D eigenvalue weighted by Crippen LogP contribution is -2.23. The van der Waals surface area contributed by atoms with Crippen LogP contribution < -0.4 is 15.4 Å². The zero-order chi connectivity index (χ0) is 18.2. The Morgan fingerprint density at radius 1 is 0.920 bits per heavy atom. The van der Waals surface area contributed by atoms with E-state index in [2.05, 4.69) is 15.4 Å². The average Bonchev–Trinajstić information content (AvgIpc) is 2.59. The normalized spacial score (nSPS) is 10.4. The summed E-state index contributed by atoms with van der Waals surface area (Å²) in [7, 11) is 0. The van der Waals surface area contributed by atoms with Gasteiger partial charge < -0.3 is 15.4 Å². The zero-order valence-electron chi connectivity index (χ0n) is 13.6. The maximum atomic E-state index is 12.1. The fourth-order valence-corrected chi connectivity index (χ4v) is 2.07. The van der Waals surface area contributed by atoms with Gasteiger partial charge in [-0.3, -0.25) is 9.59 Å². The smallest absolute Gasteiger partial charge is 0.387 e. The molecular weight excluding hydrogens is 330 g/mol. The van der Waals surface area contributed by atoms with Gasteiger partial charge in [0.15, 0.2) is 0 Å². The lowest BCUT2D eigenvalue weighted by atomic mass is 10.1. The Labute approximate surface area is 144 Å². The van der Waals surface area contributed by atoms with Crippen LogP contribution in [0, 0.1) is 0 Å². The van der Waals surface area contributed by atoms with E-state index in [-0.39, 0.29) is 24.1 Å². The molecule has 0 saturated heterocycles. The van der Waals surface area contributed by atoms with Crippen LogP contribution in [0.1, 0.15) is 28.4 Å². The fraction of sp³-hybridized carbons (Fsp3) is 0.222. The highest BCUT2D eigenvalue weighted by Crippen LogP contribution is 2.15. The third-order valence-electron chi connectivity index (χ3n) is 3.36. The lowest BCUT2D eigenvalue weighted by molar-refractivity contribution is -0.119. The van der Waals surface area contributed by atoms with Gasteiger partial charge in [-0.05, 0) is 35.4 Å². The van der Waals surface area contributed by atoms with E-state index in [4.69, 9.17) is 0 Å². The Morgan fingerprint density at radius 3 is 1.96 bits per heavy atom. The molecule has 0 aliphatic heterocycles. The van der Waals surface area contributed by atoms with Crippen LogP contribution in [0.2, 0.25) is 0 Å². The molecule has 7 heteroatoms. The molecule has 132 valence electrons. The zero-order valence-corrected chi connectivity index (χ0v) is 13.6. The summed E-state index contributed by atoms with van der Waals surface area (Å²) < 4.78 is 28.4. The fourth-order valence-electron chi connectivity index (χ4n) is 2.07. The number of hydrogen-bond donors (Lipinski definition) is 2. The maximum Gasteiger partial charge on any atom is 0.387 e. The van der Waals surface area contributed by atoms with Crippen molar-refractivity contribution in [3.8, 4) is 5.75 Å². The van der Waals surface area contributed by atoms with Crippen LogP contribution in [-0.4, -0.2) is 18.4 Å². The molecule has 0 aliphatic carbocycles. The number of carbonyl (C=O) groups excluding carboxylic acids is 2. The van der Waals surface area contributed by atoms with Gasteiger partial charge in [-0.15, -0.1) is 0 Å². The van der Waals surface area contributed by atoms with Crippen molar-refractivity contribution in [2.75, 3.05) is 0 Å². The molecule has 0 heterocycles. The van der Waals surface area contributed by atoms with E-state index in [1.165, 1.54) is 19.1 Å². The van der Waals surface area contributed by atoms with Crippen molar-refractivity contribution in [1.29, 1.82) is 0 Å². The first-order valence-electron chi connectivity index (χ1n) is 7.59. The Balaban J connectivity index is 1.86. The molecular formula is C18H18F2N2O3. The highest BCUT2D eigenvalue weighted by molar-refractivity contribution is 5.94. The molecule has 0 spiro atoms. The number of alkyl halides is 2. The van der Waals surface area contributed by atoms with Crippen molar-refractivity contribution in [2.45, 2.75) is 26.6 Å². The van der Waals surface area contributed by atoms with Crippen LogP contribution in [0.25, 0.3) is 0 Å². The van der Waals surface area contributed by atoms with Gasteiger partial charge in [0.2, 0.25) is 5.91 Å². The van der Waals surface area contributed by atoms with Crippen LogP contribution in [0.5, 0.6) is 5.75 Å². The van der Waals surface area contributed by atoms with Crippen molar-refractivity contribution < 1.29 is 23.1 Å². The van der Waals surface area contributed by atoms with Crippen molar-refractivity contribution in [2.24, 2.45) is 0 Å². The number of rotatable bonds is 7. The molecule has 2 aromatic carbocycles. The van der Waals surface area contributed by atoms with Gasteiger partial charge in [-0.25, -0.2) is 0 Å². The summed E-state index contributed by atoms with van der Waals surface area (Å²) in [5.74, 6) is -0.300. The molecule has 5 nitrogen and oxygen atoms in total. The lowest BCUT2D eigenvalue weighted by Gasteiger charge is -2.08. The number of hydrogen-bond acceptors (Lipinski definition) is 3. The molecule has 0 fully saturated rings. The highest BCUT2D eigenvalue weighted by atomic mass is 19.3. The van der Waals surface area contributed by atoms with E-state index in [0.29, 0.717) is 12.1 Å². The van der Waals surface area contributed by atoms with Crippen molar-refractivity contribution in [3.05, 3.63) is 65.2 Å². The summed E-state index contributed by atoms with van der Waals surface area (Å²) in [6.07, 6.45) is 0. The molecule has 2 amide bonds. The van der Waals surface area contributed by atoms with E-state index in [1.807, 2.05) is 0 Å².